The lowest BCUT2D eigenvalue weighted by Crippen LogP contribution is -2.59. The van der Waals surface area contributed by atoms with E-state index in [1.54, 1.807) is 41.8 Å². The number of nitrogens with zero attached hydrogens (tertiary/aromatic N) is 5. The van der Waals surface area contributed by atoms with Crippen molar-refractivity contribution in [3.8, 4) is 0 Å². The Morgan fingerprint density at radius 2 is 1.97 bits per heavy atom. The van der Waals surface area contributed by atoms with Gasteiger partial charge in [0.15, 0.2) is 0 Å². The molecule has 1 aliphatic heterocycles. The molecule has 1 atom stereocenters. The smallest absolute Gasteiger partial charge is 0.348 e. The van der Waals surface area contributed by atoms with Crippen LogP contribution in [-0.2, 0) is 23.5 Å². The van der Waals surface area contributed by atoms with Crippen LogP contribution in [-0.4, -0.2) is 30.2 Å². The molecule has 3 N–H and O–H groups in total. The largest absolute Gasteiger partial charge is 0.366 e. The van der Waals surface area contributed by atoms with Crippen molar-refractivity contribution >= 4 is 5.91 Å². The first kappa shape index (κ1) is 18.6. The second kappa shape index (κ2) is 7.32. The first-order valence-electron chi connectivity index (χ1n) is 8.80. The van der Waals surface area contributed by atoms with Crippen molar-refractivity contribution in [2.24, 2.45) is 5.73 Å². The minimum atomic E-state index is -1.58. The number of pyridine rings is 1. The van der Waals surface area contributed by atoms with Gasteiger partial charge in [-0.3, -0.25) is 9.78 Å². The number of hydrogen-bond acceptors (Lipinski definition) is 6. The molecule has 0 saturated carbocycles. The fraction of sp³-hybridized carbons (Fsp3) is 0.158. The van der Waals surface area contributed by atoms with Crippen LogP contribution in [0.4, 0.5) is 4.39 Å². The molecule has 29 heavy (non-hydrogen) atoms. The maximum atomic E-state index is 13.1. The zero-order valence-electron chi connectivity index (χ0n) is 15.3. The third kappa shape index (κ3) is 3.52. The van der Waals surface area contributed by atoms with Gasteiger partial charge in [-0.1, -0.05) is 18.2 Å². The van der Waals surface area contributed by atoms with Crippen LogP contribution in [0.15, 0.2) is 72.2 Å². The van der Waals surface area contributed by atoms with Gasteiger partial charge in [-0.25, -0.2) is 18.4 Å². The fourth-order valence-electron chi connectivity index (χ4n) is 3.11. The van der Waals surface area contributed by atoms with Crippen LogP contribution >= 0.6 is 0 Å². The van der Waals surface area contributed by atoms with Crippen LogP contribution in [0, 0.1) is 5.82 Å². The number of nitrogens with two attached hydrogens (primary N) is 1. The molecule has 10 heteroatoms. The summed E-state index contributed by atoms with van der Waals surface area (Å²) in [5.41, 5.74) is 8.10. The number of hydrogen-bond donors (Lipinski definition) is 2. The Balaban J connectivity index is 1.59. The van der Waals surface area contributed by atoms with Gasteiger partial charge in [-0.15, -0.1) is 0 Å². The van der Waals surface area contributed by atoms with Gasteiger partial charge in [0, 0.05) is 18.6 Å². The molecule has 0 fully saturated rings. The fourth-order valence-corrected chi connectivity index (χ4v) is 3.11. The monoisotopic (exact) mass is 395 g/mol. The molecule has 1 unspecified atom stereocenters. The van der Waals surface area contributed by atoms with E-state index in [0.29, 0.717) is 12.1 Å². The highest BCUT2D eigenvalue weighted by molar-refractivity contribution is 5.84. The third-order valence-electron chi connectivity index (χ3n) is 4.62. The summed E-state index contributed by atoms with van der Waals surface area (Å²) in [5, 5.41) is 5.72. The molecule has 3 aromatic rings. The molecule has 148 valence electrons. The predicted octanol–water partition coefficient (Wildman–Crippen LogP) is 0.299. The van der Waals surface area contributed by atoms with Gasteiger partial charge in [0.1, 0.15) is 12.1 Å². The van der Waals surface area contributed by atoms with E-state index in [1.165, 1.54) is 29.2 Å². The van der Waals surface area contributed by atoms with Crippen molar-refractivity contribution in [2.45, 2.75) is 18.8 Å². The van der Waals surface area contributed by atoms with Crippen molar-refractivity contribution in [3.63, 3.8) is 0 Å². The van der Waals surface area contributed by atoms with E-state index in [2.05, 4.69) is 15.5 Å². The molecule has 9 nitrogen and oxygen atoms in total. The molecule has 2 aromatic heterocycles. The average Bonchev–Trinajstić information content (AvgIpc) is 3.29. The van der Waals surface area contributed by atoms with Crippen LogP contribution < -0.4 is 16.8 Å². The second-order valence-corrected chi connectivity index (χ2v) is 6.61. The Morgan fingerprint density at radius 1 is 1.17 bits per heavy atom. The Kier molecular flexibility index (Phi) is 4.69. The third-order valence-corrected chi connectivity index (χ3v) is 4.62. The normalized spacial score (nSPS) is 18.3. The molecule has 0 saturated heterocycles. The second-order valence-electron chi connectivity index (χ2n) is 6.61. The number of amides is 1. The summed E-state index contributed by atoms with van der Waals surface area (Å²) in [4.78, 5) is 29.2. The lowest BCUT2D eigenvalue weighted by atomic mass is 10.1. The molecule has 1 amide bonds. The van der Waals surface area contributed by atoms with E-state index in [9.17, 15) is 14.0 Å². The van der Waals surface area contributed by atoms with E-state index in [-0.39, 0.29) is 12.4 Å². The highest BCUT2D eigenvalue weighted by atomic mass is 19.1. The van der Waals surface area contributed by atoms with Crippen LogP contribution in [0.2, 0.25) is 0 Å². The molecule has 0 spiro atoms. The summed E-state index contributed by atoms with van der Waals surface area (Å²) in [5.74, 6) is -1.13. The molecular formula is C19H18FN7O2. The molecule has 1 aromatic carbocycles. The first-order valence-corrected chi connectivity index (χ1v) is 8.80. The van der Waals surface area contributed by atoms with E-state index < -0.39 is 17.3 Å². The van der Waals surface area contributed by atoms with E-state index in [0.717, 1.165) is 10.1 Å². The van der Waals surface area contributed by atoms with Crippen LogP contribution in [0.25, 0.3) is 0 Å². The Morgan fingerprint density at radius 3 is 2.66 bits per heavy atom. The minimum absolute atomic E-state index is 0.129. The summed E-state index contributed by atoms with van der Waals surface area (Å²) in [7, 11) is 0. The number of primary amides is 1. The first-order chi connectivity index (χ1) is 14.0. The lowest BCUT2D eigenvalue weighted by molar-refractivity contribution is -0.127. The van der Waals surface area contributed by atoms with Gasteiger partial charge in [0.2, 0.25) is 5.66 Å². The van der Waals surface area contributed by atoms with Crippen LogP contribution in [0.1, 0.15) is 11.1 Å². The molecule has 0 aliphatic carbocycles. The van der Waals surface area contributed by atoms with Gasteiger partial charge < -0.3 is 10.7 Å². The maximum Gasteiger partial charge on any atom is 0.348 e. The molecule has 4 rings (SSSR count). The number of rotatable bonds is 6. The number of halogens is 1. The summed E-state index contributed by atoms with van der Waals surface area (Å²) in [6.45, 7) is 0.544. The molecule has 0 bridgehead atoms. The Hall–Kier alpha value is -3.79. The van der Waals surface area contributed by atoms with Crippen molar-refractivity contribution in [2.75, 3.05) is 0 Å². The summed E-state index contributed by atoms with van der Waals surface area (Å²) in [6, 6.07) is 9.43. The Labute approximate surface area is 164 Å². The highest BCUT2D eigenvalue weighted by Crippen LogP contribution is 2.21. The predicted molar refractivity (Wildman–Crippen MR) is 101 cm³/mol. The number of nitrogens with one attached hydrogen (secondary N) is 1. The van der Waals surface area contributed by atoms with Crippen molar-refractivity contribution < 1.29 is 9.18 Å². The van der Waals surface area contributed by atoms with Crippen molar-refractivity contribution in [3.05, 3.63) is 94.8 Å². The standard InChI is InChI=1S/C19H18FN7O2/c20-16-5-3-14(4-6-16)12-27-18(29)26(13-23-27)19(17(21)28)7-9-25(24-19)11-15-2-1-8-22-10-15/h1-10,13,24H,11-12H2,(H2,21,28). The van der Waals surface area contributed by atoms with Crippen LogP contribution in [0.3, 0.4) is 0 Å². The van der Waals surface area contributed by atoms with Crippen molar-refractivity contribution in [1.29, 1.82) is 0 Å². The van der Waals surface area contributed by atoms with Crippen LogP contribution in [0.5, 0.6) is 0 Å². The molecule has 3 heterocycles. The molecule has 0 radical (unpaired) electrons. The summed E-state index contributed by atoms with van der Waals surface area (Å²) in [6.07, 6.45) is 7.77. The highest BCUT2D eigenvalue weighted by Gasteiger charge is 2.43. The number of carbonyl (C=O) groups excluding carboxylic acids is 1. The van der Waals surface area contributed by atoms with E-state index >= 15 is 0 Å². The summed E-state index contributed by atoms with van der Waals surface area (Å²) < 4.78 is 15.4. The SMILES string of the molecule is NC(=O)C1(n2cnn(Cc3ccc(F)cc3)c2=O)C=CN(Cc2cccnc2)N1. The quantitative estimate of drug-likeness (QED) is 0.621. The minimum Gasteiger partial charge on any atom is -0.366 e. The summed E-state index contributed by atoms with van der Waals surface area (Å²) >= 11 is 0. The maximum absolute atomic E-state index is 13.1. The van der Waals surface area contributed by atoms with Crippen molar-refractivity contribution in [1.82, 2.24) is 29.8 Å². The average molecular weight is 395 g/mol. The van der Waals surface area contributed by atoms with Gasteiger partial charge in [-0.05, 0) is 35.4 Å². The topological polar surface area (TPSA) is 111 Å². The zero-order chi connectivity index (χ0) is 20.4. The number of benzene rings is 1. The van der Waals surface area contributed by atoms with Gasteiger partial charge in [0.05, 0.1) is 13.1 Å². The van der Waals surface area contributed by atoms with E-state index in [4.69, 9.17) is 5.73 Å². The van der Waals surface area contributed by atoms with Gasteiger partial charge >= 0.3 is 5.69 Å². The zero-order valence-corrected chi connectivity index (χ0v) is 15.3. The Bertz CT molecular complexity index is 1110. The van der Waals surface area contributed by atoms with Gasteiger partial charge in [-0.2, -0.15) is 10.5 Å². The molecular weight excluding hydrogens is 377 g/mol. The number of aromatic nitrogens is 4. The number of hydrazine groups is 1. The van der Waals surface area contributed by atoms with Gasteiger partial charge in [0.25, 0.3) is 5.91 Å². The van der Waals surface area contributed by atoms with E-state index in [1.807, 2.05) is 6.07 Å². The molecule has 1 aliphatic rings. The lowest BCUT2D eigenvalue weighted by Gasteiger charge is -2.28. The number of carbonyl (C=O) groups is 1.